The number of halogens is 1. The van der Waals surface area contributed by atoms with Gasteiger partial charge in [-0.3, -0.25) is 0 Å². The molecular weight excluding hydrogens is 409 g/mol. The standard InChI is InChI=1S/C24H24FN5O2/c1-15-11-18(25)6-7-19(15)24(31)9-4-10-30-23(24)27-22(28-30)17-5-8-20(21(12-17)32-3)29-13-16(2)26-14-29/h5-8,11-14,31H,4,9-10H2,1-3H3. The van der Waals surface area contributed by atoms with Crippen LogP contribution in [0.1, 0.15) is 35.5 Å². The quantitative estimate of drug-likeness (QED) is 0.528. The van der Waals surface area contributed by atoms with Crippen molar-refractivity contribution in [3.8, 4) is 22.8 Å². The molecule has 0 spiro atoms. The van der Waals surface area contributed by atoms with E-state index in [9.17, 15) is 9.50 Å². The van der Waals surface area contributed by atoms with Crippen molar-refractivity contribution < 1.29 is 14.2 Å². The zero-order valence-electron chi connectivity index (χ0n) is 18.2. The van der Waals surface area contributed by atoms with Crippen molar-refractivity contribution in [2.45, 2.75) is 38.8 Å². The molecule has 0 saturated heterocycles. The van der Waals surface area contributed by atoms with Crippen molar-refractivity contribution in [2.24, 2.45) is 0 Å². The summed E-state index contributed by atoms with van der Waals surface area (Å²) >= 11 is 0. The van der Waals surface area contributed by atoms with Gasteiger partial charge < -0.3 is 14.4 Å². The Morgan fingerprint density at radius 3 is 2.72 bits per heavy atom. The maximum Gasteiger partial charge on any atom is 0.181 e. The highest BCUT2D eigenvalue weighted by atomic mass is 19.1. The van der Waals surface area contributed by atoms with Crippen molar-refractivity contribution >= 4 is 0 Å². The van der Waals surface area contributed by atoms with Crippen molar-refractivity contribution in [1.29, 1.82) is 0 Å². The molecule has 3 heterocycles. The van der Waals surface area contributed by atoms with Crippen LogP contribution in [0, 0.1) is 19.7 Å². The zero-order valence-corrected chi connectivity index (χ0v) is 18.2. The lowest BCUT2D eigenvalue weighted by Gasteiger charge is -2.32. The molecule has 0 amide bonds. The van der Waals surface area contributed by atoms with E-state index < -0.39 is 5.60 Å². The first-order valence-corrected chi connectivity index (χ1v) is 10.5. The van der Waals surface area contributed by atoms with Crippen LogP contribution in [0.3, 0.4) is 0 Å². The third-order valence-corrected chi connectivity index (χ3v) is 6.01. The van der Waals surface area contributed by atoms with E-state index in [1.165, 1.54) is 12.1 Å². The predicted molar refractivity (Wildman–Crippen MR) is 117 cm³/mol. The van der Waals surface area contributed by atoms with E-state index in [0.29, 0.717) is 41.5 Å². The summed E-state index contributed by atoms with van der Waals surface area (Å²) in [7, 11) is 1.62. The number of hydrogen-bond donors (Lipinski definition) is 1. The molecule has 0 saturated carbocycles. The molecule has 0 bridgehead atoms. The Labute approximate surface area is 185 Å². The number of imidazole rings is 1. The molecule has 1 atom stereocenters. The first kappa shape index (κ1) is 20.4. The molecular formula is C24H24FN5O2. The number of hydrogen-bond acceptors (Lipinski definition) is 5. The molecule has 8 heteroatoms. The summed E-state index contributed by atoms with van der Waals surface area (Å²) in [6.45, 7) is 4.39. The van der Waals surface area contributed by atoms with Crippen LogP contribution in [0.4, 0.5) is 4.39 Å². The van der Waals surface area contributed by atoms with Crippen molar-refractivity contribution in [1.82, 2.24) is 24.3 Å². The highest BCUT2D eigenvalue weighted by molar-refractivity contribution is 5.63. The average Bonchev–Trinajstić information content (AvgIpc) is 3.40. The number of fused-ring (bicyclic) bond motifs is 1. The zero-order chi connectivity index (χ0) is 22.5. The van der Waals surface area contributed by atoms with Gasteiger partial charge in [-0.15, -0.1) is 0 Å². The van der Waals surface area contributed by atoms with Gasteiger partial charge in [0.25, 0.3) is 0 Å². The monoisotopic (exact) mass is 433 g/mol. The molecule has 32 heavy (non-hydrogen) atoms. The molecule has 4 aromatic rings. The summed E-state index contributed by atoms with van der Waals surface area (Å²) in [6.07, 6.45) is 4.91. The molecule has 7 nitrogen and oxygen atoms in total. The second-order valence-electron chi connectivity index (χ2n) is 8.21. The second kappa shape index (κ2) is 7.56. The molecule has 0 aliphatic carbocycles. The lowest BCUT2D eigenvalue weighted by Crippen LogP contribution is -2.36. The van der Waals surface area contributed by atoms with E-state index in [-0.39, 0.29) is 5.82 Å². The molecule has 164 valence electrons. The van der Waals surface area contributed by atoms with Crippen LogP contribution in [-0.2, 0) is 12.1 Å². The maximum atomic E-state index is 13.7. The van der Waals surface area contributed by atoms with Gasteiger partial charge in [-0.2, -0.15) is 5.10 Å². The number of ether oxygens (including phenoxy) is 1. The van der Waals surface area contributed by atoms with Crippen LogP contribution in [0.5, 0.6) is 5.75 Å². The SMILES string of the molecule is COc1cc(-c2nc3n(n2)CCCC3(O)c2ccc(F)cc2C)ccc1-n1cnc(C)c1. The topological polar surface area (TPSA) is 78.0 Å². The van der Waals surface area contributed by atoms with Crippen LogP contribution in [0.15, 0.2) is 48.9 Å². The highest BCUT2D eigenvalue weighted by Gasteiger charge is 2.40. The molecule has 5 rings (SSSR count). The Morgan fingerprint density at radius 1 is 1.16 bits per heavy atom. The summed E-state index contributed by atoms with van der Waals surface area (Å²) in [6, 6.07) is 10.2. The minimum atomic E-state index is -1.32. The fourth-order valence-electron chi connectivity index (χ4n) is 4.45. The van der Waals surface area contributed by atoms with Gasteiger partial charge in [0.05, 0.1) is 24.8 Å². The van der Waals surface area contributed by atoms with E-state index in [1.807, 2.05) is 35.9 Å². The lowest BCUT2D eigenvalue weighted by molar-refractivity contribution is 0.0389. The number of rotatable bonds is 4. The summed E-state index contributed by atoms with van der Waals surface area (Å²) in [5, 5.41) is 16.3. The minimum Gasteiger partial charge on any atom is -0.495 e. The molecule has 0 fully saturated rings. The van der Waals surface area contributed by atoms with E-state index in [0.717, 1.165) is 23.4 Å². The van der Waals surface area contributed by atoms with Gasteiger partial charge >= 0.3 is 0 Å². The van der Waals surface area contributed by atoms with Gasteiger partial charge in [0.2, 0.25) is 0 Å². The van der Waals surface area contributed by atoms with Gasteiger partial charge in [0.15, 0.2) is 11.6 Å². The van der Waals surface area contributed by atoms with Crippen molar-refractivity contribution in [3.05, 3.63) is 77.4 Å². The van der Waals surface area contributed by atoms with Crippen molar-refractivity contribution in [2.75, 3.05) is 7.11 Å². The Kier molecular flexibility index (Phi) is 4.82. The average molecular weight is 433 g/mol. The van der Waals surface area contributed by atoms with Crippen molar-refractivity contribution in [3.63, 3.8) is 0 Å². The summed E-state index contributed by atoms with van der Waals surface area (Å²) < 4.78 is 22.9. The van der Waals surface area contributed by atoms with E-state index >= 15 is 0 Å². The molecule has 1 aliphatic rings. The van der Waals surface area contributed by atoms with E-state index in [4.69, 9.17) is 9.72 Å². The van der Waals surface area contributed by atoms with E-state index in [2.05, 4.69) is 10.1 Å². The first-order chi connectivity index (χ1) is 15.4. The fraction of sp³-hybridized carbons (Fsp3) is 0.292. The van der Waals surface area contributed by atoms with Crippen LogP contribution < -0.4 is 4.74 Å². The van der Waals surface area contributed by atoms with Gasteiger partial charge in [0, 0.05) is 18.3 Å². The van der Waals surface area contributed by atoms with Gasteiger partial charge in [-0.25, -0.2) is 19.0 Å². The summed E-state index contributed by atoms with van der Waals surface area (Å²) in [5.74, 6) is 1.32. The molecule has 1 unspecified atom stereocenters. The van der Waals surface area contributed by atoms with Gasteiger partial charge in [-0.1, -0.05) is 6.07 Å². The third kappa shape index (κ3) is 3.27. The number of nitrogens with zero attached hydrogens (tertiary/aromatic N) is 5. The number of aromatic nitrogens is 5. The predicted octanol–water partition coefficient (Wildman–Crippen LogP) is 3.93. The maximum absolute atomic E-state index is 13.7. The number of aliphatic hydroxyl groups is 1. The molecule has 1 N–H and O–H groups in total. The summed E-state index contributed by atoms with van der Waals surface area (Å²) in [5.41, 5.74) is 2.57. The van der Waals surface area contributed by atoms with Crippen LogP contribution >= 0.6 is 0 Å². The Hall–Kier alpha value is -3.52. The fourth-order valence-corrected chi connectivity index (χ4v) is 4.45. The van der Waals surface area contributed by atoms with Crippen LogP contribution in [0.25, 0.3) is 17.1 Å². The molecule has 0 radical (unpaired) electrons. The first-order valence-electron chi connectivity index (χ1n) is 10.5. The second-order valence-corrected chi connectivity index (χ2v) is 8.21. The van der Waals surface area contributed by atoms with Gasteiger partial charge in [-0.05, 0) is 68.1 Å². The number of benzene rings is 2. The Balaban J connectivity index is 1.57. The van der Waals surface area contributed by atoms with E-state index in [1.54, 1.807) is 31.1 Å². The Bertz CT molecular complexity index is 1310. The Morgan fingerprint density at radius 2 is 2.00 bits per heavy atom. The third-order valence-electron chi connectivity index (χ3n) is 6.01. The number of methoxy groups -OCH3 is 1. The normalized spacial score (nSPS) is 17.9. The highest BCUT2D eigenvalue weighted by Crippen LogP contribution is 2.39. The van der Waals surface area contributed by atoms with Gasteiger partial charge in [0.1, 0.15) is 17.2 Å². The lowest BCUT2D eigenvalue weighted by atomic mass is 9.83. The van der Waals surface area contributed by atoms with Crippen LogP contribution in [0.2, 0.25) is 0 Å². The van der Waals surface area contributed by atoms with Crippen LogP contribution in [-0.4, -0.2) is 36.5 Å². The molecule has 2 aromatic heterocycles. The molecule has 1 aliphatic heterocycles. The summed E-state index contributed by atoms with van der Waals surface area (Å²) in [4.78, 5) is 9.01. The largest absolute Gasteiger partial charge is 0.495 e. The smallest absolute Gasteiger partial charge is 0.181 e. The molecule has 2 aromatic carbocycles. The number of aryl methyl sites for hydroxylation is 3. The minimum absolute atomic E-state index is 0.326.